The smallest absolute Gasteiger partial charge is 0.352 e. The quantitative estimate of drug-likeness (QED) is 0.669. The van der Waals surface area contributed by atoms with Gasteiger partial charge in [-0.3, -0.25) is 4.79 Å². The minimum atomic E-state index is -4.40. The Morgan fingerprint density at radius 3 is 2.74 bits per heavy atom. The van der Waals surface area contributed by atoms with Gasteiger partial charge in [-0.1, -0.05) is 17.8 Å². The summed E-state index contributed by atoms with van der Waals surface area (Å²) < 4.78 is 37.0. The molecule has 1 unspecified atom stereocenters. The van der Waals surface area contributed by atoms with E-state index in [1.54, 1.807) is 13.0 Å². The molecule has 1 atom stereocenters. The molecule has 0 aliphatic rings. The molecule has 7 heteroatoms. The van der Waals surface area contributed by atoms with E-state index in [1.807, 2.05) is 0 Å². The lowest BCUT2D eigenvalue weighted by Crippen LogP contribution is -2.30. The number of rotatable bonds is 5. The molecule has 1 heterocycles. The van der Waals surface area contributed by atoms with E-state index in [1.165, 1.54) is 6.07 Å². The van der Waals surface area contributed by atoms with Crippen molar-refractivity contribution >= 4 is 17.7 Å². The summed E-state index contributed by atoms with van der Waals surface area (Å²) in [4.78, 5) is 15.2. The van der Waals surface area contributed by atoms with Gasteiger partial charge in [0.1, 0.15) is 0 Å². The molecule has 0 saturated carbocycles. The second-order valence-corrected chi connectivity index (χ2v) is 5.04. The van der Waals surface area contributed by atoms with E-state index in [0.29, 0.717) is 11.6 Å². The number of carbonyl (C=O) groups is 1. The number of carbonyl (C=O) groups excluding carboxylic acids is 1. The van der Waals surface area contributed by atoms with E-state index in [-0.39, 0.29) is 5.91 Å². The van der Waals surface area contributed by atoms with Crippen LogP contribution >= 0.6 is 11.8 Å². The van der Waals surface area contributed by atoms with E-state index >= 15 is 0 Å². The van der Waals surface area contributed by atoms with Crippen LogP contribution in [-0.2, 0) is 11.0 Å². The van der Waals surface area contributed by atoms with E-state index in [4.69, 9.17) is 0 Å². The zero-order chi connectivity index (χ0) is 14.5. The Morgan fingerprint density at radius 1 is 1.58 bits per heavy atom. The molecule has 1 N–H and O–H groups in total. The number of hydrogen-bond donors (Lipinski definition) is 1. The Bertz CT molecular complexity index is 445. The van der Waals surface area contributed by atoms with E-state index in [9.17, 15) is 18.0 Å². The molecule has 0 saturated heterocycles. The van der Waals surface area contributed by atoms with Gasteiger partial charge in [-0.2, -0.15) is 13.2 Å². The van der Waals surface area contributed by atoms with E-state index in [2.05, 4.69) is 16.9 Å². The van der Waals surface area contributed by atoms with Gasteiger partial charge in [0, 0.05) is 12.7 Å². The van der Waals surface area contributed by atoms with Crippen molar-refractivity contribution in [2.45, 2.75) is 23.4 Å². The third-order valence-corrected chi connectivity index (χ3v) is 3.20. The molecular weight excluding hydrogens is 277 g/mol. The Hall–Kier alpha value is -1.50. The van der Waals surface area contributed by atoms with Crippen molar-refractivity contribution in [3.05, 3.63) is 36.5 Å². The summed E-state index contributed by atoms with van der Waals surface area (Å²) >= 11 is 1.10. The number of amides is 1. The zero-order valence-corrected chi connectivity index (χ0v) is 11.0. The number of nitrogens with zero attached hydrogens (tertiary/aromatic N) is 1. The lowest BCUT2D eigenvalue weighted by molar-refractivity contribution is -0.137. The number of thioether (sulfide) groups is 1. The summed E-state index contributed by atoms with van der Waals surface area (Å²) in [5.74, 6) is -0.216. The van der Waals surface area contributed by atoms with Crippen molar-refractivity contribution in [1.29, 1.82) is 0 Å². The fourth-order valence-corrected chi connectivity index (χ4v) is 1.98. The van der Waals surface area contributed by atoms with Crippen LogP contribution < -0.4 is 5.32 Å². The van der Waals surface area contributed by atoms with Gasteiger partial charge in [0.15, 0.2) is 0 Å². The van der Waals surface area contributed by atoms with Crippen LogP contribution in [0, 0.1) is 0 Å². The third-order valence-electron chi connectivity index (χ3n) is 2.15. The van der Waals surface area contributed by atoms with Crippen LogP contribution in [-0.4, -0.2) is 22.7 Å². The van der Waals surface area contributed by atoms with Crippen LogP contribution in [0.15, 0.2) is 36.0 Å². The molecule has 0 aromatic carbocycles. The minimum absolute atomic E-state index is 0.216. The van der Waals surface area contributed by atoms with Gasteiger partial charge in [0.25, 0.3) is 0 Å². The van der Waals surface area contributed by atoms with Gasteiger partial charge in [0.05, 0.1) is 15.8 Å². The summed E-state index contributed by atoms with van der Waals surface area (Å²) in [7, 11) is 0. The third kappa shape index (κ3) is 4.94. The maximum absolute atomic E-state index is 12.3. The lowest BCUT2D eigenvalue weighted by atomic mass is 10.3. The Balaban J connectivity index is 2.62. The van der Waals surface area contributed by atoms with Gasteiger partial charge in [-0.05, 0) is 19.1 Å². The second-order valence-electron chi connectivity index (χ2n) is 3.68. The fraction of sp³-hybridized carbons (Fsp3) is 0.333. The van der Waals surface area contributed by atoms with Crippen LogP contribution in [0.2, 0.25) is 0 Å². The van der Waals surface area contributed by atoms with Gasteiger partial charge >= 0.3 is 6.18 Å². The number of pyridine rings is 1. The molecule has 0 aliphatic heterocycles. The number of aromatic nitrogens is 1. The van der Waals surface area contributed by atoms with Crippen molar-refractivity contribution in [3.63, 3.8) is 0 Å². The van der Waals surface area contributed by atoms with Gasteiger partial charge in [0.2, 0.25) is 5.91 Å². The van der Waals surface area contributed by atoms with Crippen molar-refractivity contribution in [1.82, 2.24) is 10.3 Å². The number of alkyl halides is 3. The fourth-order valence-electron chi connectivity index (χ4n) is 1.17. The SMILES string of the molecule is C=CCNC(=O)C(C)Sc1ccc(C(F)(F)F)cn1. The number of nitrogens with one attached hydrogen (secondary N) is 1. The highest BCUT2D eigenvalue weighted by atomic mass is 32.2. The normalized spacial score (nSPS) is 12.8. The summed E-state index contributed by atoms with van der Waals surface area (Å²) in [5.41, 5.74) is -0.805. The second kappa shape index (κ2) is 6.60. The average Bonchev–Trinajstić information content (AvgIpc) is 2.35. The monoisotopic (exact) mass is 290 g/mol. The Kier molecular flexibility index (Phi) is 5.41. The molecule has 1 aromatic rings. The van der Waals surface area contributed by atoms with Crippen LogP contribution in [0.5, 0.6) is 0 Å². The first-order valence-corrected chi connectivity index (χ1v) is 6.31. The Labute approximate surface area is 113 Å². The van der Waals surface area contributed by atoms with Gasteiger partial charge < -0.3 is 5.32 Å². The molecule has 0 fully saturated rings. The Morgan fingerprint density at radius 2 is 2.26 bits per heavy atom. The summed E-state index contributed by atoms with van der Waals surface area (Å²) in [6.45, 7) is 5.47. The van der Waals surface area contributed by atoms with Crippen LogP contribution in [0.25, 0.3) is 0 Å². The van der Waals surface area contributed by atoms with E-state index in [0.717, 1.165) is 24.0 Å². The molecule has 1 amide bonds. The summed E-state index contributed by atoms with van der Waals surface area (Å²) in [6, 6.07) is 2.20. The zero-order valence-electron chi connectivity index (χ0n) is 10.2. The highest BCUT2D eigenvalue weighted by Crippen LogP contribution is 2.30. The van der Waals surface area contributed by atoms with Crippen LogP contribution in [0.4, 0.5) is 13.2 Å². The maximum Gasteiger partial charge on any atom is 0.417 e. The average molecular weight is 290 g/mol. The molecule has 0 aliphatic carbocycles. The topological polar surface area (TPSA) is 42.0 Å². The molecule has 3 nitrogen and oxygen atoms in total. The van der Waals surface area contributed by atoms with Gasteiger partial charge in [-0.25, -0.2) is 4.98 Å². The predicted octanol–water partition coefficient (Wildman–Crippen LogP) is 2.88. The largest absolute Gasteiger partial charge is 0.417 e. The van der Waals surface area contributed by atoms with Gasteiger partial charge in [-0.15, -0.1) is 6.58 Å². The maximum atomic E-state index is 12.3. The molecule has 0 radical (unpaired) electrons. The van der Waals surface area contributed by atoms with Crippen molar-refractivity contribution in [2.75, 3.05) is 6.54 Å². The van der Waals surface area contributed by atoms with E-state index < -0.39 is 17.0 Å². The summed E-state index contributed by atoms with van der Waals surface area (Å²) in [6.07, 6.45) is -2.09. The molecular formula is C12H13F3N2OS. The minimum Gasteiger partial charge on any atom is -0.352 e. The standard InChI is InChI=1S/C12H13F3N2OS/c1-3-6-16-11(18)8(2)19-10-5-4-9(7-17-10)12(13,14)15/h3-5,7-8H,1,6H2,2H3,(H,16,18). The number of halogens is 3. The molecule has 0 spiro atoms. The highest BCUT2D eigenvalue weighted by Gasteiger charge is 2.30. The summed E-state index contributed by atoms with van der Waals surface area (Å²) in [5, 5.41) is 2.53. The van der Waals surface area contributed by atoms with Crippen molar-refractivity contribution in [2.24, 2.45) is 0 Å². The van der Waals surface area contributed by atoms with Crippen LogP contribution in [0.1, 0.15) is 12.5 Å². The van der Waals surface area contributed by atoms with Crippen molar-refractivity contribution in [3.8, 4) is 0 Å². The molecule has 1 rings (SSSR count). The first-order valence-electron chi connectivity index (χ1n) is 5.43. The molecule has 104 valence electrons. The molecule has 0 bridgehead atoms. The predicted molar refractivity (Wildman–Crippen MR) is 67.8 cm³/mol. The molecule has 19 heavy (non-hydrogen) atoms. The first kappa shape index (κ1) is 15.6. The number of hydrogen-bond acceptors (Lipinski definition) is 3. The molecule has 1 aromatic heterocycles. The van der Waals surface area contributed by atoms with Crippen molar-refractivity contribution < 1.29 is 18.0 Å². The highest BCUT2D eigenvalue weighted by molar-refractivity contribution is 8.00. The van der Waals surface area contributed by atoms with Crippen LogP contribution in [0.3, 0.4) is 0 Å². The first-order chi connectivity index (χ1) is 8.84. The lowest BCUT2D eigenvalue weighted by Gasteiger charge is -2.11.